The molecule has 0 aromatic heterocycles. The van der Waals surface area contributed by atoms with E-state index in [0.717, 1.165) is 5.56 Å². The summed E-state index contributed by atoms with van der Waals surface area (Å²) < 4.78 is 12.6. The molecule has 1 saturated carbocycles. The molecule has 2 rings (SSSR count). The highest BCUT2D eigenvalue weighted by atomic mass is 19.1. The van der Waals surface area contributed by atoms with E-state index in [9.17, 15) is 4.39 Å². The molecule has 2 atom stereocenters. The van der Waals surface area contributed by atoms with Crippen LogP contribution < -0.4 is 5.73 Å². The van der Waals surface area contributed by atoms with Gasteiger partial charge in [0.15, 0.2) is 0 Å². The number of hydrogen-bond donors (Lipinski definition) is 1. The lowest BCUT2D eigenvalue weighted by molar-refractivity contribution is 0.591. The molecule has 0 unspecified atom stereocenters. The van der Waals surface area contributed by atoms with Gasteiger partial charge in [-0.15, -0.1) is 0 Å². The molecular weight excluding hydrogens is 189 g/mol. The second-order valence-electron chi connectivity index (χ2n) is 4.78. The van der Waals surface area contributed by atoms with Gasteiger partial charge in [0.05, 0.1) is 0 Å². The van der Waals surface area contributed by atoms with Gasteiger partial charge in [-0.3, -0.25) is 0 Å². The molecule has 80 valence electrons. The van der Waals surface area contributed by atoms with Crippen molar-refractivity contribution in [3.05, 3.63) is 41.7 Å². The zero-order valence-electron chi connectivity index (χ0n) is 9.07. The maximum Gasteiger partial charge on any atom is 0.123 e. The van der Waals surface area contributed by atoms with Crippen LogP contribution in [0.15, 0.2) is 30.3 Å². The highest BCUT2D eigenvalue weighted by molar-refractivity contribution is 5.50. The predicted molar refractivity (Wildman–Crippen MR) is 60.7 cm³/mol. The third-order valence-electron chi connectivity index (χ3n) is 3.36. The molecule has 0 heterocycles. The number of hydrogen-bond acceptors (Lipinski definition) is 1. The minimum Gasteiger partial charge on any atom is -0.327 e. The molecule has 0 radical (unpaired) electrons. The summed E-state index contributed by atoms with van der Waals surface area (Å²) in [4.78, 5) is 0. The van der Waals surface area contributed by atoms with Gasteiger partial charge in [-0.05, 0) is 29.0 Å². The summed E-state index contributed by atoms with van der Waals surface area (Å²) in [5.74, 6) is 0.248. The second kappa shape index (κ2) is 3.46. The van der Waals surface area contributed by atoms with Crippen LogP contribution in [-0.4, -0.2) is 6.04 Å². The van der Waals surface area contributed by atoms with Crippen LogP contribution >= 0.6 is 0 Å². The van der Waals surface area contributed by atoms with E-state index in [0.29, 0.717) is 5.92 Å². The maximum absolute atomic E-state index is 12.6. The average molecular weight is 205 g/mol. The molecule has 0 saturated heterocycles. The van der Waals surface area contributed by atoms with Crippen LogP contribution in [0.25, 0.3) is 6.08 Å². The van der Waals surface area contributed by atoms with Crippen LogP contribution in [-0.2, 0) is 0 Å². The third kappa shape index (κ3) is 1.95. The molecule has 1 aromatic carbocycles. The fraction of sp³-hybridized carbons (Fsp3) is 0.385. The first-order valence-electron chi connectivity index (χ1n) is 5.21. The molecule has 1 aliphatic rings. The smallest absolute Gasteiger partial charge is 0.123 e. The topological polar surface area (TPSA) is 26.0 Å². The predicted octanol–water partition coefficient (Wildman–Crippen LogP) is 2.82. The largest absolute Gasteiger partial charge is 0.327 e. The molecular formula is C13H16FN. The second-order valence-corrected chi connectivity index (χ2v) is 4.78. The molecule has 15 heavy (non-hydrogen) atoms. The summed E-state index contributed by atoms with van der Waals surface area (Å²) in [7, 11) is 0. The summed E-state index contributed by atoms with van der Waals surface area (Å²) in [5.41, 5.74) is 7.16. The zero-order chi connectivity index (χ0) is 11.1. The fourth-order valence-corrected chi connectivity index (χ4v) is 1.87. The highest BCUT2D eigenvalue weighted by Crippen LogP contribution is 2.51. The Morgan fingerprint density at radius 1 is 1.27 bits per heavy atom. The van der Waals surface area contributed by atoms with Crippen LogP contribution in [0.5, 0.6) is 0 Å². The molecule has 1 aromatic rings. The first-order valence-corrected chi connectivity index (χ1v) is 5.21. The van der Waals surface area contributed by atoms with E-state index in [1.807, 2.05) is 6.08 Å². The Morgan fingerprint density at radius 3 is 2.27 bits per heavy atom. The normalized spacial score (nSPS) is 28.3. The zero-order valence-corrected chi connectivity index (χ0v) is 9.07. The lowest BCUT2D eigenvalue weighted by Gasteiger charge is -1.96. The lowest BCUT2D eigenvalue weighted by atomic mass is 10.1. The van der Waals surface area contributed by atoms with E-state index in [4.69, 9.17) is 5.73 Å². The van der Waals surface area contributed by atoms with Gasteiger partial charge < -0.3 is 5.73 Å². The minimum atomic E-state index is -0.199. The Balaban J connectivity index is 2.04. The van der Waals surface area contributed by atoms with Gasteiger partial charge in [-0.25, -0.2) is 4.39 Å². The molecule has 2 heteroatoms. The lowest BCUT2D eigenvalue weighted by Crippen LogP contribution is -2.06. The van der Waals surface area contributed by atoms with Gasteiger partial charge in [0.1, 0.15) is 5.82 Å². The summed E-state index contributed by atoms with van der Waals surface area (Å²) in [6.07, 6.45) is 4.14. The quantitative estimate of drug-likeness (QED) is 0.789. The van der Waals surface area contributed by atoms with Gasteiger partial charge in [-0.2, -0.15) is 0 Å². The highest BCUT2D eigenvalue weighted by Gasteiger charge is 2.53. The van der Waals surface area contributed by atoms with E-state index in [1.54, 1.807) is 12.1 Å². The number of benzene rings is 1. The molecule has 0 aliphatic heterocycles. The third-order valence-corrected chi connectivity index (χ3v) is 3.36. The van der Waals surface area contributed by atoms with Crippen molar-refractivity contribution in [1.29, 1.82) is 0 Å². The molecule has 0 amide bonds. The van der Waals surface area contributed by atoms with Crippen molar-refractivity contribution in [2.75, 3.05) is 0 Å². The van der Waals surface area contributed by atoms with E-state index < -0.39 is 0 Å². The van der Waals surface area contributed by atoms with E-state index in [2.05, 4.69) is 19.9 Å². The van der Waals surface area contributed by atoms with E-state index >= 15 is 0 Å². The maximum atomic E-state index is 12.6. The first kappa shape index (κ1) is 10.4. The van der Waals surface area contributed by atoms with Crippen LogP contribution in [0.1, 0.15) is 19.4 Å². The summed E-state index contributed by atoms with van der Waals surface area (Å²) in [6.45, 7) is 4.33. The average Bonchev–Trinajstić information content (AvgIpc) is 2.66. The van der Waals surface area contributed by atoms with Crippen LogP contribution in [0.2, 0.25) is 0 Å². The SMILES string of the molecule is CC1(C)[C@H](N)[C@H]1/C=C/c1ccc(F)cc1. The van der Waals surface area contributed by atoms with Crippen molar-refractivity contribution in [1.82, 2.24) is 0 Å². The van der Waals surface area contributed by atoms with Crippen molar-refractivity contribution in [2.24, 2.45) is 17.1 Å². The number of rotatable bonds is 2. The van der Waals surface area contributed by atoms with Crippen molar-refractivity contribution in [2.45, 2.75) is 19.9 Å². The van der Waals surface area contributed by atoms with Crippen molar-refractivity contribution in [3.8, 4) is 0 Å². The van der Waals surface area contributed by atoms with Gasteiger partial charge in [0, 0.05) is 6.04 Å². The summed E-state index contributed by atoms with van der Waals surface area (Å²) in [5, 5.41) is 0. The van der Waals surface area contributed by atoms with Crippen molar-refractivity contribution in [3.63, 3.8) is 0 Å². The molecule has 0 bridgehead atoms. The van der Waals surface area contributed by atoms with Gasteiger partial charge >= 0.3 is 0 Å². The monoisotopic (exact) mass is 205 g/mol. The Morgan fingerprint density at radius 2 is 1.80 bits per heavy atom. The summed E-state index contributed by atoms with van der Waals surface area (Å²) >= 11 is 0. The Bertz CT molecular complexity index is 378. The molecule has 1 nitrogen and oxygen atoms in total. The number of halogens is 1. The molecule has 0 spiro atoms. The Kier molecular flexibility index (Phi) is 2.39. The van der Waals surface area contributed by atoms with Crippen molar-refractivity contribution < 1.29 is 4.39 Å². The van der Waals surface area contributed by atoms with Gasteiger partial charge in [0.25, 0.3) is 0 Å². The fourth-order valence-electron chi connectivity index (χ4n) is 1.87. The molecule has 2 N–H and O–H groups in total. The van der Waals surface area contributed by atoms with Gasteiger partial charge in [-0.1, -0.05) is 38.1 Å². The van der Waals surface area contributed by atoms with Crippen LogP contribution in [0, 0.1) is 17.2 Å². The Hall–Kier alpha value is -1.15. The van der Waals surface area contributed by atoms with Crippen LogP contribution in [0.4, 0.5) is 4.39 Å². The first-order chi connectivity index (χ1) is 7.01. The van der Waals surface area contributed by atoms with Crippen LogP contribution in [0.3, 0.4) is 0 Å². The minimum absolute atomic E-state index is 0.199. The Labute approximate surface area is 89.8 Å². The van der Waals surface area contributed by atoms with Gasteiger partial charge in [0.2, 0.25) is 0 Å². The molecule has 1 aliphatic carbocycles. The van der Waals surface area contributed by atoms with E-state index in [-0.39, 0.29) is 17.3 Å². The van der Waals surface area contributed by atoms with Crippen molar-refractivity contribution >= 4 is 6.08 Å². The summed E-state index contributed by atoms with van der Waals surface area (Å²) in [6, 6.07) is 6.74. The standard InChI is InChI=1S/C13H16FN/c1-13(2)11(12(13)15)8-5-9-3-6-10(14)7-4-9/h3-8,11-12H,15H2,1-2H3/b8-5+/t11-,12-/m1/s1. The number of nitrogens with two attached hydrogens (primary N) is 1. The van der Waals surface area contributed by atoms with E-state index in [1.165, 1.54) is 12.1 Å². The molecule has 1 fully saturated rings.